The lowest BCUT2D eigenvalue weighted by atomic mass is 10.1. The number of carbonyl (C=O) groups is 1. The number of benzene rings is 2. The molecule has 3 aromatic rings. The second-order valence-corrected chi connectivity index (χ2v) is 8.59. The molecule has 1 aliphatic rings. The van der Waals surface area contributed by atoms with Gasteiger partial charge >= 0.3 is 0 Å². The van der Waals surface area contributed by atoms with Crippen molar-refractivity contribution < 1.29 is 13.6 Å². The normalized spacial score (nSPS) is 15.7. The van der Waals surface area contributed by atoms with E-state index in [-0.39, 0.29) is 22.9 Å². The molecule has 1 heterocycles. The summed E-state index contributed by atoms with van der Waals surface area (Å²) in [7, 11) is 0. The Hall–Kier alpha value is -2.54. The molecule has 0 aliphatic heterocycles. The van der Waals surface area contributed by atoms with Crippen molar-refractivity contribution in [1.82, 2.24) is 9.55 Å². The van der Waals surface area contributed by atoms with Crippen LogP contribution in [-0.2, 0) is 0 Å². The van der Waals surface area contributed by atoms with Crippen LogP contribution >= 0.6 is 11.8 Å². The van der Waals surface area contributed by atoms with Crippen molar-refractivity contribution in [2.45, 2.75) is 49.1 Å². The average molecular weight is 414 g/mol. The summed E-state index contributed by atoms with van der Waals surface area (Å²) in [5.74, 6) is -2.39. The molecule has 1 unspecified atom stereocenters. The molecule has 0 spiro atoms. The smallest absolute Gasteiger partial charge is 0.262 e. The van der Waals surface area contributed by atoms with Crippen molar-refractivity contribution in [2.75, 3.05) is 0 Å². The van der Waals surface area contributed by atoms with E-state index in [0.29, 0.717) is 16.1 Å². The van der Waals surface area contributed by atoms with Gasteiger partial charge in [-0.1, -0.05) is 36.7 Å². The summed E-state index contributed by atoms with van der Waals surface area (Å²) < 4.78 is 28.4. The van der Waals surface area contributed by atoms with Gasteiger partial charge in [0.15, 0.2) is 22.6 Å². The number of hydrogen-bond donors (Lipinski definition) is 0. The summed E-state index contributed by atoms with van der Waals surface area (Å²) in [6.07, 6.45) is 3.91. The van der Waals surface area contributed by atoms with Crippen LogP contribution in [0.4, 0.5) is 8.78 Å². The number of para-hydroxylation sites is 1. The summed E-state index contributed by atoms with van der Waals surface area (Å²) in [6, 6.07) is 10.4. The van der Waals surface area contributed by atoms with Crippen LogP contribution < -0.4 is 5.56 Å². The van der Waals surface area contributed by atoms with Gasteiger partial charge in [0.1, 0.15) is 0 Å². The van der Waals surface area contributed by atoms with Crippen molar-refractivity contribution in [3.05, 3.63) is 70.0 Å². The first-order valence-corrected chi connectivity index (χ1v) is 10.5. The highest BCUT2D eigenvalue weighted by Gasteiger charge is 2.26. The number of rotatable bonds is 5. The molecule has 150 valence electrons. The van der Waals surface area contributed by atoms with Gasteiger partial charge in [0.25, 0.3) is 5.56 Å². The van der Waals surface area contributed by atoms with Crippen molar-refractivity contribution in [1.29, 1.82) is 0 Å². The third kappa shape index (κ3) is 3.83. The van der Waals surface area contributed by atoms with E-state index in [1.165, 1.54) is 17.8 Å². The molecule has 1 saturated carbocycles. The average Bonchev–Trinajstić information content (AvgIpc) is 3.24. The van der Waals surface area contributed by atoms with Gasteiger partial charge in [-0.2, -0.15) is 0 Å². The molecule has 0 radical (unpaired) electrons. The Labute approximate surface area is 171 Å². The van der Waals surface area contributed by atoms with Crippen LogP contribution in [0.1, 0.15) is 49.0 Å². The molecule has 29 heavy (non-hydrogen) atoms. The Balaban J connectivity index is 1.72. The number of halogens is 2. The molecule has 0 N–H and O–H groups in total. The topological polar surface area (TPSA) is 52.0 Å². The predicted molar refractivity (Wildman–Crippen MR) is 110 cm³/mol. The number of hydrogen-bond acceptors (Lipinski definition) is 4. The molecule has 0 saturated heterocycles. The summed E-state index contributed by atoms with van der Waals surface area (Å²) in [5.41, 5.74) is 0.582. The lowest BCUT2D eigenvalue weighted by molar-refractivity contribution is 0.0993. The number of aromatic nitrogens is 2. The zero-order valence-corrected chi connectivity index (χ0v) is 16.7. The molecule has 2 aromatic carbocycles. The van der Waals surface area contributed by atoms with E-state index in [0.717, 1.165) is 37.8 Å². The van der Waals surface area contributed by atoms with E-state index in [2.05, 4.69) is 4.98 Å². The number of thioether (sulfide) groups is 1. The Morgan fingerprint density at radius 3 is 2.59 bits per heavy atom. The molecule has 4 rings (SSSR count). The Kier molecular flexibility index (Phi) is 5.50. The number of Topliss-reactive ketones (excluding diaryl/α,β-unsaturated/α-hetero) is 1. The second-order valence-electron chi connectivity index (χ2n) is 7.28. The predicted octanol–water partition coefficient (Wildman–Crippen LogP) is 5.15. The number of carbonyl (C=O) groups excluding carboxylic acids is 1. The molecule has 7 heteroatoms. The van der Waals surface area contributed by atoms with Gasteiger partial charge in [-0.05, 0) is 50.1 Å². The SMILES string of the molecule is CC(Sc1nc2ccccc2c(=O)n1C1CCCC1)C(=O)c1ccc(F)c(F)c1. The molecular formula is C22H20F2N2O2S. The van der Waals surface area contributed by atoms with E-state index in [1.54, 1.807) is 23.6 Å². The van der Waals surface area contributed by atoms with Crippen molar-refractivity contribution in [2.24, 2.45) is 0 Å². The second kappa shape index (κ2) is 8.06. The van der Waals surface area contributed by atoms with Crippen LogP contribution in [0.5, 0.6) is 0 Å². The first-order chi connectivity index (χ1) is 14.0. The number of ketones is 1. The van der Waals surface area contributed by atoms with Crippen molar-refractivity contribution in [3.8, 4) is 0 Å². The first kappa shape index (κ1) is 19.8. The van der Waals surface area contributed by atoms with E-state index in [4.69, 9.17) is 0 Å². The standard InChI is InChI=1S/C22H20F2N2O2S/c1-13(20(27)14-10-11-17(23)18(24)12-14)29-22-25-19-9-5-4-8-16(19)21(28)26(22)15-6-2-3-7-15/h4-5,8-13,15H,2-3,6-7H2,1H3. The highest BCUT2D eigenvalue weighted by Crippen LogP contribution is 2.34. The van der Waals surface area contributed by atoms with E-state index in [1.807, 2.05) is 12.1 Å². The maximum absolute atomic E-state index is 13.5. The minimum absolute atomic E-state index is 0.0627. The first-order valence-electron chi connectivity index (χ1n) is 9.63. The van der Waals surface area contributed by atoms with Gasteiger partial charge in [0.05, 0.1) is 16.2 Å². The molecule has 1 fully saturated rings. The molecular weight excluding hydrogens is 394 g/mol. The summed E-state index contributed by atoms with van der Waals surface area (Å²) >= 11 is 1.19. The van der Waals surface area contributed by atoms with Gasteiger partial charge in [0, 0.05) is 11.6 Å². The summed E-state index contributed by atoms with van der Waals surface area (Å²) in [6.45, 7) is 1.69. The molecule has 1 atom stereocenters. The van der Waals surface area contributed by atoms with Gasteiger partial charge in [-0.3, -0.25) is 14.2 Å². The van der Waals surface area contributed by atoms with Crippen LogP contribution in [0.25, 0.3) is 10.9 Å². The maximum atomic E-state index is 13.5. The maximum Gasteiger partial charge on any atom is 0.262 e. The molecule has 4 nitrogen and oxygen atoms in total. The van der Waals surface area contributed by atoms with Crippen LogP contribution in [0, 0.1) is 11.6 Å². The Morgan fingerprint density at radius 2 is 1.86 bits per heavy atom. The van der Waals surface area contributed by atoms with Crippen LogP contribution in [0.2, 0.25) is 0 Å². The highest BCUT2D eigenvalue weighted by atomic mass is 32.2. The van der Waals surface area contributed by atoms with E-state index in [9.17, 15) is 18.4 Å². The van der Waals surface area contributed by atoms with Crippen molar-refractivity contribution >= 4 is 28.4 Å². The van der Waals surface area contributed by atoms with Crippen molar-refractivity contribution in [3.63, 3.8) is 0 Å². The van der Waals surface area contributed by atoms with Gasteiger partial charge in [0.2, 0.25) is 0 Å². The lowest BCUT2D eigenvalue weighted by Crippen LogP contribution is -2.27. The fourth-order valence-corrected chi connectivity index (χ4v) is 4.84. The molecule has 1 aromatic heterocycles. The largest absolute Gasteiger partial charge is 0.293 e. The zero-order chi connectivity index (χ0) is 20.5. The Morgan fingerprint density at radius 1 is 1.14 bits per heavy atom. The minimum Gasteiger partial charge on any atom is -0.293 e. The van der Waals surface area contributed by atoms with Gasteiger partial charge < -0.3 is 0 Å². The molecule has 1 aliphatic carbocycles. The molecule has 0 bridgehead atoms. The Bertz CT molecular complexity index is 1140. The fourth-order valence-electron chi connectivity index (χ4n) is 3.79. The minimum atomic E-state index is -1.06. The lowest BCUT2D eigenvalue weighted by Gasteiger charge is -2.20. The monoisotopic (exact) mass is 414 g/mol. The third-order valence-electron chi connectivity index (χ3n) is 5.32. The van der Waals surface area contributed by atoms with Crippen LogP contribution in [0.3, 0.4) is 0 Å². The zero-order valence-electron chi connectivity index (χ0n) is 15.9. The van der Waals surface area contributed by atoms with Gasteiger partial charge in [-0.25, -0.2) is 13.8 Å². The van der Waals surface area contributed by atoms with E-state index < -0.39 is 16.9 Å². The summed E-state index contributed by atoms with van der Waals surface area (Å²) in [5, 5.41) is 0.438. The third-order valence-corrected chi connectivity index (χ3v) is 6.39. The van der Waals surface area contributed by atoms with Crippen LogP contribution in [0.15, 0.2) is 52.4 Å². The number of fused-ring (bicyclic) bond motifs is 1. The summed E-state index contributed by atoms with van der Waals surface area (Å²) in [4.78, 5) is 30.6. The number of nitrogens with zero attached hydrogens (tertiary/aromatic N) is 2. The quantitative estimate of drug-likeness (QED) is 0.329. The fraction of sp³-hybridized carbons (Fsp3) is 0.318. The van der Waals surface area contributed by atoms with E-state index >= 15 is 0 Å². The highest BCUT2D eigenvalue weighted by molar-refractivity contribution is 8.00. The van der Waals surface area contributed by atoms with Gasteiger partial charge in [-0.15, -0.1) is 0 Å². The molecule has 0 amide bonds. The van der Waals surface area contributed by atoms with Crippen LogP contribution in [-0.4, -0.2) is 20.6 Å².